The topological polar surface area (TPSA) is 93.3 Å². The zero-order valence-corrected chi connectivity index (χ0v) is 22.8. The van der Waals surface area contributed by atoms with Gasteiger partial charge >= 0.3 is 6.55 Å². The van der Waals surface area contributed by atoms with Gasteiger partial charge in [-0.1, -0.05) is 24.3 Å². The molecular weight excluding hydrogens is 538 g/mol. The maximum absolute atomic E-state index is 14.3. The number of halogens is 2. The maximum Gasteiger partial charge on any atom is 0.333 e. The minimum atomic E-state index is -4.11. The van der Waals surface area contributed by atoms with E-state index in [1.807, 2.05) is 6.07 Å². The molecule has 3 fully saturated rings. The molecule has 4 unspecified atom stereocenters. The molecule has 7 rings (SSSR count). The van der Waals surface area contributed by atoms with Crippen LogP contribution in [0.15, 0.2) is 61.2 Å². The summed E-state index contributed by atoms with van der Waals surface area (Å²) in [6, 6.07) is 4.00. The second-order valence-electron chi connectivity index (χ2n) is 11.4. The van der Waals surface area contributed by atoms with Gasteiger partial charge in [0.15, 0.2) is 5.65 Å². The van der Waals surface area contributed by atoms with Crippen molar-refractivity contribution >= 4 is 32.7 Å². The molecule has 1 amide bonds. The van der Waals surface area contributed by atoms with Crippen LogP contribution in [0, 0.1) is 5.92 Å². The number of hydrogen-bond acceptors (Lipinski definition) is 6. The lowest BCUT2D eigenvalue weighted by Crippen LogP contribution is -2.56. The first-order valence-corrected chi connectivity index (χ1v) is 15.1. The fourth-order valence-electron chi connectivity index (χ4n) is 6.71. The zero-order valence-electron chi connectivity index (χ0n) is 22.0. The third-order valence-electron chi connectivity index (χ3n) is 8.99. The minimum absolute atomic E-state index is 0.161. The molecule has 5 heterocycles. The number of amides is 1. The number of fused-ring (bicyclic) bond motifs is 3. The number of anilines is 1. The number of carbonyl (C=O) groups excluding carboxylic acids is 1. The summed E-state index contributed by atoms with van der Waals surface area (Å²) < 4.78 is 55.3. The highest BCUT2D eigenvalue weighted by Crippen LogP contribution is 2.43. The Hall–Kier alpha value is -3.54. The standard InChI is InChI=1S/C28H30F2N6O3S/c1-28(11-3-2-4-23(28)19-14-32-34(15-19)27(29)30)40(38,39)35-13-10-22-24(9-12-31-25(22)35)33-16-20-7-8-21(17-33)36(20)26(37)18-5-6-18/h2-4,9-15,18,20-21,23,27H,5-8,16-17H2,1H3. The number of aromatic nitrogens is 4. The van der Waals surface area contributed by atoms with Crippen LogP contribution in [-0.4, -0.2) is 67.9 Å². The summed E-state index contributed by atoms with van der Waals surface area (Å²) in [4.78, 5) is 21.8. The van der Waals surface area contributed by atoms with Crippen molar-refractivity contribution in [3.05, 3.63) is 66.8 Å². The molecule has 2 saturated heterocycles. The van der Waals surface area contributed by atoms with Crippen molar-refractivity contribution in [2.24, 2.45) is 5.92 Å². The lowest BCUT2D eigenvalue weighted by Gasteiger charge is -2.42. The van der Waals surface area contributed by atoms with Crippen LogP contribution < -0.4 is 4.90 Å². The monoisotopic (exact) mass is 568 g/mol. The van der Waals surface area contributed by atoms with Gasteiger partial charge in [0.2, 0.25) is 15.9 Å². The Balaban J connectivity index is 1.23. The molecule has 210 valence electrons. The highest BCUT2D eigenvalue weighted by Gasteiger charge is 2.48. The Morgan fingerprint density at radius 1 is 1.10 bits per heavy atom. The Labute approximate surface area is 230 Å². The third-order valence-corrected chi connectivity index (χ3v) is 11.3. The first-order valence-electron chi connectivity index (χ1n) is 13.7. The predicted octanol–water partition coefficient (Wildman–Crippen LogP) is 4.06. The van der Waals surface area contributed by atoms with E-state index in [4.69, 9.17) is 0 Å². The summed E-state index contributed by atoms with van der Waals surface area (Å²) in [5.41, 5.74) is 1.59. The minimum Gasteiger partial charge on any atom is -0.367 e. The third kappa shape index (κ3) is 3.75. The molecule has 1 saturated carbocycles. The SMILES string of the molecule is CC1(S(=O)(=O)n2ccc3c(N4CC5CCC(C4)N5C(=O)C4CC4)ccnc32)C=CC=CC1c1cnn(C(F)F)c1. The molecule has 0 N–H and O–H groups in total. The zero-order chi connectivity index (χ0) is 27.8. The molecule has 2 aliphatic heterocycles. The van der Waals surface area contributed by atoms with Crippen LogP contribution in [0.3, 0.4) is 0 Å². The second-order valence-corrected chi connectivity index (χ2v) is 13.7. The molecule has 4 aliphatic rings. The molecule has 0 aromatic carbocycles. The van der Waals surface area contributed by atoms with Gasteiger partial charge in [0.25, 0.3) is 0 Å². The summed E-state index contributed by atoms with van der Waals surface area (Å²) in [6.45, 7) is 0.177. The van der Waals surface area contributed by atoms with Gasteiger partial charge in [-0.05, 0) is 50.3 Å². The number of rotatable bonds is 6. The van der Waals surface area contributed by atoms with Crippen LogP contribution >= 0.6 is 0 Å². The molecule has 0 spiro atoms. The molecule has 12 heteroatoms. The molecule has 2 aliphatic carbocycles. The van der Waals surface area contributed by atoms with Gasteiger partial charge in [-0.15, -0.1) is 0 Å². The van der Waals surface area contributed by atoms with Crippen LogP contribution in [0.4, 0.5) is 14.5 Å². The first-order chi connectivity index (χ1) is 19.2. The van der Waals surface area contributed by atoms with Crippen molar-refractivity contribution in [2.75, 3.05) is 18.0 Å². The van der Waals surface area contributed by atoms with E-state index in [-0.39, 0.29) is 18.0 Å². The highest BCUT2D eigenvalue weighted by molar-refractivity contribution is 7.91. The predicted molar refractivity (Wildman–Crippen MR) is 146 cm³/mol. The van der Waals surface area contributed by atoms with Crippen LogP contribution in [0.5, 0.6) is 0 Å². The van der Waals surface area contributed by atoms with Gasteiger partial charge in [-0.25, -0.2) is 22.1 Å². The van der Waals surface area contributed by atoms with Crippen LogP contribution in [0.2, 0.25) is 0 Å². The number of hydrogen-bond donors (Lipinski definition) is 0. The summed E-state index contributed by atoms with van der Waals surface area (Å²) in [6.07, 6.45) is 16.2. The first kappa shape index (κ1) is 25.4. The van der Waals surface area contributed by atoms with E-state index in [0.29, 0.717) is 40.3 Å². The van der Waals surface area contributed by atoms with Crippen LogP contribution in [-0.2, 0) is 14.8 Å². The summed E-state index contributed by atoms with van der Waals surface area (Å²) in [5, 5.41) is 4.44. The highest BCUT2D eigenvalue weighted by atomic mass is 32.2. The second kappa shape index (κ2) is 8.98. The van der Waals surface area contributed by atoms with Crippen molar-refractivity contribution in [3.63, 3.8) is 0 Å². The summed E-state index contributed by atoms with van der Waals surface area (Å²) in [5.74, 6) is -0.246. The molecule has 3 aromatic rings. The number of allylic oxidation sites excluding steroid dienone is 3. The average Bonchev–Trinajstić information content (AvgIpc) is 3.39. The summed E-state index contributed by atoms with van der Waals surface area (Å²) >= 11 is 0. The molecule has 2 bridgehead atoms. The number of carbonyl (C=O) groups is 1. The quantitative estimate of drug-likeness (QED) is 0.445. The maximum atomic E-state index is 14.3. The molecule has 0 radical (unpaired) electrons. The normalized spacial score (nSPS) is 28.2. The van der Waals surface area contributed by atoms with E-state index in [1.54, 1.807) is 43.5 Å². The van der Waals surface area contributed by atoms with Gasteiger partial charge in [-0.3, -0.25) is 4.79 Å². The van der Waals surface area contributed by atoms with E-state index >= 15 is 0 Å². The Morgan fingerprint density at radius 2 is 1.85 bits per heavy atom. The number of pyridine rings is 1. The number of alkyl halides is 2. The van der Waals surface area contributed by atoms with Crippen LogP contribution in [0.1, 0.15) is 50.6 Å². The van der Waals surface area contributed by atoms with E-state index in [0.717, 1.165) is 31.4 Å². The smallest absolute Gasteiger partial charge is 0.333 e. The molecule has 9 nitrogen and oxygen atoms in total. The number of nitrogens with zero attached hydrogens (tertiary/aromatic N) is 6. The van der Waals surface area contributed by atoms with Crippen molar-refractivity contribution in [1.29, 1.82) is 0 Å². The van der Waals surface area contributed by atoms with Gasteiger partial charge in [-0.2, -0.15) is 13.9 Å². The van der Waals surface area contributed by atoms with E-state index < -0.39 is 27.2 Å². The molecule has 40 heavy (non-hydrogen) atoms. The van der Waals surface area contributed by atoms with Gasteiger partial charge in [0, 0.05) is 66.7 Å². The Morgan fingerprint density at radius 3 is 2.52 bits per heavy atom. The fourth-order valence-corrected chi connectivity index (χ4v) is 8.51. The van der Waals surface area contributed by atoms with E-state index in [1.165, 1.54) is 22.6 Å². The molecular formula is C28H30F2N6O3S. The van der Waals surface area contributed by atoms with Crippen molar-refractivity contribution in [2.45, 2.75) is 61.9 Å². The summed E-state index contributed by atoms with van der Waals surface area (Å²) in [7, 11) is -4.11. The van der Waals surface area contributed by atoms with Crippen molar-refractivity contribution in [3.8, 4) is 0 Å². The van der Waals surface area contributed by atoms with Crippen molar-refractivity contribution in [1.82, 2.24) is 23.6 Å². The van der Waals surface area contributed by atoms with Gasteiger partial charge < -0.3 is 9.80 Å². The lowest BCUT2D eigenvalue weighted by molar-refractivity contribution is -0.135. The number of piperazine rings is 1. The fraction of sp³-hybridized carbons (Fsp3) is 0.464. The lowest BCUT2D eigenvalue weighted by atomic mass is 9.85. The largest absolute Gasteiger partial charge is 0.367 e. The van der Waals surface area contributed by atoms with E-state index in [9.17, 15) is 22.0 Å². The van der Waals surface area contributed by atoms with Gasteiger partial charge in [0.05, 0.1) is 6.20 Å². The van der Waals surface area contributed by atoms with E-state index in [2.05, 4.69) is 19.9 Å². The van der Waals surface area contributed by atoms with Crippen LogP contribution in [0.25, 0.3) is 11.0 Å². The Bertz CT molecular complexity index is 1640. The van der Waals surface area contributed by atoms with Gasteiger partial charge in [0.1, 0.15) is 4.75 Å². The van der Waals surface area contributed by atoms with Crippen molar-refractivity contribution < 1.29 is 22.0 Å². The molecule has 3 aromatic heterocycles. The Kier molecular flexibility index (Phi) is 5.71. The average molecular weight is 569 g/mol. The molecule has 4 atom stereocenters.